The highest BCUT2D eigenvalue weighted by Crippen LogP contribution is 2.65. The Labute approximate surface area is 113 Å². The minimum atomic E-state index is -0.835. The summed E-state index contributed by atoms with van der Waals surface area (Å²) in [6.07, 6.45) is 2.78. The van der Waals surface area contributed by atoms with E-state index >= 15 is 0 Å². The first-order valence-electron chi connectivity index (χ1n) is 6.90. The smallest absolute Gasteiger partial charge is 0.244 e. The predicted molar refractivity (Wildman–Crippen MR) is 72.3 cm³/mol. The predicted octanol–water partition coefficient (Wildman–Crippen LogP) is 2.48. The van der Waals surface area contributed by atoms with E-state index in [2.05, 4.69) is 6.07 Å². The third-order valence-electron chi connectivity index (χ3n) is 4.80. The van der Waals surface area contributed by atoms with Crippen molar-refractivity contribution in [3.8, 4) is 6.07 Å². The third kappa shape index (κ3) is 1.59. The lowest BCUT2D eigenvalue weighted by Crippen LogP contribution is -2.37. The zero-order valence-corrected chi connectivity index (χ0v) is 11.2. The molecular weight excluding hydrogens is 236 g/mol. The summed E-state index contributed by atoms with van der Waals surface area (Å²) in [7, 11) is 0. The van der Waals surface area contributed by atoms with Gasteiger partial charge < -0.3 is 4.90 Å². The van der Waals surface area contributed by atoms with Crippen LogP contribution in [0.3, 0.4) is 0 Å². The normalized spacial score (nSPS) is 32.9. The Bertz CT molecular complexity index is 542. The summed E-state index contributed by atoms with van der Waals surface area (Å²) in [6, 6.07) is 12.3. The van der Waals surface area contributed by atoms with Crippen molar-refractivity contribution in [1.82, 2.24) is 4.90 Å². The van der Waals surface area contributed by atoms with Gasteiger partial charge in [0.1, 0.15) is 5.41 Å². The van der Waals surface area contributed by atoms with Crippen molar-refractivity contribution in [1.29, 1.82) is 5.26 Å². The lowest BCUT2D eigenvalue weighted by atomic mass is 9.87. The summed E-state index contributed by atoms with van der Waals surface area (Å²) < 4.78 is 0. The summed E-state index contributed by atoms with van der Waals surface area (Å²) in [6.45, 7) is 3.67. The molecule has 0 spiro atoms. The molecule has 3 heteroatoms. The number of amides is 1. The standard InChI is InChI=1S/C16H18N2O/c1-15(13-7-3-2-4-8-13)11-16(15,12-17)14(19)18-9-5-6-10-18/h2-4,7-8H,5-6,9-11H2,1H3/t15-,16+/m1/s1. The van der Waals surface area contributed by atoms with Gasteiger partial charge in [0.2, 0.25) is 5.91 Å². The second-order valence-electron chi connectivity index (χ2n) is 5.89. The van der Waals surface area contributed by atoms with Gasteiger partial charge in [0.15, 0.2) is 0 Å². The lowest BCUT2D eigenvalue weighted by molar-refractivity contribution is -0.134. The van der Waals surface area contributed by atoms with Crippen molar-refractivity contribution in [2.24, 2.45) is 5.41 Å². The van der Waals surface area contributed by atoms with Crippen LogP contribution in [0.2, 0.25) is 0 Å². The van der Waals surface area contributed by atoms with Gasteiger partial charge in [-0.25, -0.2) is 0 Å². The van der Waals surface area contributed by atoms with Crippen LogP contribution in [0.4, 0.5) is 0 Å². The van der Waals surface area contributed by atoms with Crippen molar-refractivity contribution in [3.05, 3.63) is 35.9 Å². The minimum absolute atomic E-state index is 0.0406. The summed E-state index contributed by atoms with van der Waals surface area (Å²) in [5.74, 6) is 0.0406. The van der Waals surface area contributed by atoms with Crippen LogP contribution in [-0.4, -0.2) is 23.9 Å². The monoisotopic (exact) mass is 254 g/mol. The fourth-order valence-corrected chi connectivity index (χ4v) is 3.35. The summed E-state index contributed by atoms with van der Waals surface area (Å²) in [5.41, 5.74) is -0.0504. The number of carbonyl (C=O) groups is 1. The Morgan fingerprint density at radius 3 is 2.47 bits per heavy atom. The van der Waals surface area contributed by atoms with E-state index in [1.54, 1.807) is 0 Å². The van der Waals surface area contributed by atoms with Gasteiger partial charge in [0.25, 0.3) is 0 Å². The van der Waals surface area contributed by atoms with Crippen LogP contribution in [0.25, 0.3) is 0 Å². The van der Waals surface area contributed by atoms with Crippen LogP contribution < -0.4 is 0 Å². The molecule has 1 heterocycles. The van der Waals surface area contributed by atoms with Crippen LogP contribution in [0.15, 0.2) is 30.3 Å². The van der Waals surface area contributed by atoms with Crippen molar-refractivity contribution in [2.45, 2.75) is 31.6 Å². The maximum absolute atomic E-state index is 12.7. The third-order valence-corrected chi connectivity index (χ3v) is 4.80. The molecule has 19 heavy (non-hydrogen) atoms. The second kappa shape index (κ2) is 4.09. The Morgan fingerprint density at radius 1 is 1.26 bits per heavy atom. The number of hydrogen-bond acceptors (Lipinski definition) is 2. The summed E-state index contributed by atoms with van der Waals surface area (Å²) in [5, 5.41) is 9.59. The van der Waals surface area contributed by atoms with Crippen molar-refractivity contribution >= 4 is 5.91 Å². The van der Waals surface area contributed by atoms with Gasteiger partial charge in [-0.15, -0.1) is 0 Å². The van der Waals surface area contributed by atoms with E-state index < -0.39 is 5.41 Å². The largest absolute Gasteiger partial charge is 0.341 e. The average Bonchev–Trinajstić information content (AvgIpc) is 2.83. The molecule has 1 aliphatic carbocycles. The Kier molecular flexibility index (Phi) is 2.63. The van der Waals surface area contributed by atoms with E-state index in [9.17, 15) is 10.1 Å². The number of nitrogens with zero attached hydrogens (tertiary/aromatic N) is 2. The van der Waals surface area contributed by atoms with Gasteiger partial charge in [-0.3, -0.25) is 4.79 Å². The number of hydrogen-bond donors (Lipinski definition) is 0. The van der Waals surface area contributed by atoms with Crippen LogP contribution in [0.1, 0.15) is 31.7 Å². The van der Waals surface area contributed by atoms with Crippen LogP contribution in [0.5, 0.6) is 0 Å². The van der Waals surface area contributed by atoms with Crippen LogP contribution in [0, 0.1) is 16.7 Å². The number of nitriles is 1. The molecule has 98 valence electrons. The maximum atomic E-state index is 12.7. The van der Waals surface area contributed by atoms with Gasteiger partial charge in [0.05, 0.1) is 6.07 Å². The quantitative estimate of drug-likeness (QED) is 0.813. The van der Waals surface area contributed by atoms with Gasteiger partial charge in [-0.1, -0.05) is 37.3 Å². The van der Waals surface area contributed by atoms with Crippen molar-refractivity contribution < 1.29 is 4.79 Å². The maximum Gasteiger partial charge on any atom is 0.244 e. The highest BCUT2D eigenvalue weighted by atomic mass is 16.2. The van der Waals surface area contributed by atoms with Gasteiger partial charge >= 0.3 is 0 Å². The summed E-state index contributed by atoms with van der Waals surface area (Å²) in [4.78, 5) is 14.5. The van der Waals surface area contributed by atoms with E-state index in [1.165, 1.54) is 0 Å². The molecule has 1 aliphatic heterocycles. The number of likely N-dealkylation sites (tertiary alicyclic amines) is 1. The molecule has 0 unspecified atom stereocenters. The molecule has 0 N–H and O–H groups in total. The number of rotatable bonds is 2. The van der Waals surface area contributed by atoms with Gasteiger partial charge in [0, 0.05) is 18.5 Å². The molecule has 0 aromatic heterocycles. The summed E-state index contributed by atoms with van der Waals surface area (Å²) >= 11 is 0. The first-order valence-corrected chi connectivity index (χ1v) is 6.90. The van der Waals surface area contributed by atoms with Gasteiger partial charge in [-0.05, 0) is 24.8 Å². The highest BCUT2D eigenvalue weighted by molar-refractivity contribution is 5.92. The average molecular weight is 254 g/mol. The van der Waals surface area contributed by atoms with Crippen molar-refractivity contribution in [3.63, 3.8) is 0 Å². The first-order chi connectivity index (χ1) is 9.14. The highest BCUT2D eigenvalue weighted by Gasteiger charge is 2.71. The second-order valence-corrected chi connectivity index (χ2v) is 5.89. The molecule has 0 bridgehead atoms. The van der Waals surface area contributed by atoms with Crippen LogP contribution >= 0.6 is 0 Å². The minimum Gasteiger partial charge on any atom is -0.341 e. The van der Waals surface area contributed by atoms with Gasteiger partial charge in [-0.2, -0.15) is 5.26 Å². The van der Waals surface area contributed by atoms with E-state index in [0.717, 1.165) is 31.5 Å². The number of benzene rings is 1. The van der Waals surface area contributed by atoms with Crippen molar-refractivity contribution in [2.75, 3.05) is 13.1 Å². The molecule has 1 aromatic carbocycles. The zero-order valence-electron chi connectivity index (χ0n) is 11.2. The topological polar surface area (TPSA) is 44.1 Å². The molecular formula is C16H18N2O. The molecule has 2 fully saturated rings. The molecule has 3 rings (SSSR count). The Balaban J connectivity index is 1.91. The first kappa shape index (κ1) is 12.2. The molecule has 1 saturated heterocycles. The fourth-order valence-electron chi connectivity index (χ4n) is 3.35. The Hall–Kier alpha value is -1.82. The van der Waals surface area contributed by atoms with E-state index in [4.69, 9.17) is 0 Å². The molecule has 1 amide bonds. The van der Waals surface area contributed by atoms with E-state index in [1.807, 2.05) is 42.2 Å². The van der Waals surface area contributed by atoms with E-state index in [0.29, 0.717) is 6.42 Å². The Morgan fingerprint density at radius 2 is 1.89 bits per heavy atom. The molecule has 1 aromatic rings. The molecule has 3 nitrogen and oxygen atoms in total. The molecule has 2 aliphatic rings. The molecule has 0 radical (unpaired) electrons. The van der Waals surface area contributed by atoms with Crippen LogP contribution in [-0.2, 0) is 10.2 Å². The molecule has 1 saturated carbocycles. The SMILES string of the molecule is C[C@]1(c2ccccc2)C[C@]1(C#N)C(=O)N1CCCC1. The number of carbonyl (C=O) groups excluding carboxylic acids is 1. The fraction of sp³-hybridized carbons (Fsp3) is 0.500. The lowest BCUT2D eigenvalue weighted by Gasteiger charge is -2.22. The van der Waals surface area contributed by atoms with E-state index in [-0.39, 0.29) is 11.3 Å². The zero-order chi connectivity index (χ0) is 13.5. The molecule has 2 atom stereocenters.